The van der Waals surface area contributed by atoms with E-state index in [-0.39, 0.29) is 24.6 Å². The number of hydrogen-bond donors (Lipinski definition) is 1. The number of amides is 1. The van der Waals surface area contributed by atoms with E-state index in [0.717, 1.165) is 12.1 Å². The minimum Gasteiger partial charge on any atom is -0.357 e. The van der Waals surface area contributed by atoms with Gasteiger partial charge in [-0.25, -0.2) is 18.4 Å². The first kappa shape index (κ1) is 21.5. The molecule has 1 saturated heterocycles. The average molecular weight is 439 g/mol. The zero-order valence-electron chi connectivity index (χ0n) is 15.6. The highest BCUT2D eigenvalue weighted by Gasteiger charge is 2.46. The van der Waals surface area contributed by atoms with Gasteiger partial charge in [0.05, 0.1) is 15.7 Å². The van der Waals surface area contributed by atoms with Gasteiger partial charge in [0, 0.05) is 19.8 Å². The average Bonchev–Trinajstić information content (AvgIpc) is 3.19. The molecule has 0 spiro atoms. The van der Waals surface area contributed by atoms with E-state index >= 15 is 0 Å². The minimum absolute atomic E-state index is 0.136. The van der Waals surface area contributed by atoms with Gasteiger partial charge in [0.2, 0.25) is 11.7 Å². The van der Waals surface area contributed by atoms with Gasteiger partial charge < -0.3 is 10.2 Å². The van der Waals surface area contributed by atoms with E-state index in [0.29, 0.717) is 6.07 Å². The Morgan fingerprint density at radius 3 is 2.63 bits per heavy atom. The number of rotatable bonds is 4. The van der Waals surface area contributed by atoms with Crippen LogP contribution in [0.2, 0.25) is 0 Å². The molecule has 0 bridgehead atoms. The fourth-order valence-corrected chi connectivity index (χ4v) is 5.29. The molecule has 30 heavy (non-hydrogen) atoms. The zero-order valence-corrected chi connectivity index (χ0v) is 16.4. The number of nitrogens with zero attached hydrogens (tertiary/aromatic N) is 4. The summed E-state index contributed by atoms with van der Waals surface area (Å²) >= 11 is 0. The number of nitriles is 1. The van der Waals surface area contributed by atoms with Crippen LogP contribution in [0, 0.1) is 11.3 Å². The number of benzene rings is 1. The first-order chi connectivity index (χ1) is 14.1. The van der Waals surface area contributed by atoms with Crippen molar-refractivity contribution in [2.45, 2.75) is 28.8 Å². The van der Waals surface area contributed by atoms with Gasteiger partial charge in [0.15, 0.2) is 9.84 Å². The molecule has 1 aromatic heterocycles. The Bertz CT molecular complexity index is 1110. The third-order valence-electron chi connectivity index (χ3n) is 4.78. The molecule has 2 atom stereocenters. The molecule has 158 valence electrons. The van der Waals surface area contributed by atoms with Gasteiger partial charge in [-0.15, -0.1) is 0 Å². The Morgan fingerprint density at radius 2 is 2.00 bits per heavy atom. The fourth-order valence-electron chi connectivity index (χ4n) is 3.38. The van der Waals surface area contributed by atoms with Crippen molar-refractivity contribution in [3.8, 4) is 6.07 Å². The SMILES string of the molecule is CNC(=O)C1CC(S(=O)(=O)c2ccccc2C(F)(F)F)CN1c1ccnc(C#N)n1. The number of nitrogens with one attached hydrogen (secondary N) is 1. The van der Waals surface area contributed by atoms with Crippen molar-refractivity contribution in [3.63, 3.8) is 0 Å². The van der Waals surface area contributed by atoms with Gasteiger partial charge in [-0.2, -0.15) is 18.4 Å². The van der Waals surface area contributed by atoms with Crippen LogP contribution in [-0.4, -0.2) is 49.2 Å². The molecule has 1 aliphatic rings. The lowest BCUT2D eigenvalue weighted by Gasteiger charge is -2.24. The van der Waals surface area contributed by atoms with Gasteiger partial charge in [-0.05, 0) is 24.6 Å². The highest BCUT2D eigenvalue weighted by Crippen LogP contribution is 2.38. The molecule has 2 aromatic rings. The summed E-state index contributed by atoms with van der Waals surface area (Å²) in [5, 5.41) is 10.1. The molecule has 1 aromatic carbocycles. The third-order valence-corrected chi connectivity index (χ3v) is 6.97. The summed E-state index contributed by atoms with van der Waals surface area (Å²) in [6.07, 6.45) is -3.81. The van der Waals surface area contributed by atoms with Crippen LogP contribution in [0.5, 0.6) is 0 Å². The van der Waals surface area contributed by atoms with Crippen LogP contribution in [0.25, 0.3) is 0 Å². The molecule has 0 radical (unpaired) electrons. The van der Waals surface area contributed by atoms with Crippen molar-refractivity contribution in [2.75, 3.05) is 18.5 Å². The number of sulfone groups is 1. The van der Waals surface area contributed by atoms with Crippen LogP contribution in [0.15, 0.2) is 41.4 Å². The van der Waals surface area contributed by atoms with Gasteiger partial charge in [0.1, 0.15) is 17.9 Å². The van der Waals surface area contributed by atoms with Crippen LogP contribution < -0.4 is 10.2 Å². The van der Waals surface area contributed by atoms with E-state index in [1.807, 2.05) is 0 Å². The van der Waals surface area contributed by atoms with E-state index in [4.69, 9.17) is 5.26 Å². The lowest BCUT2D eigenvalue weighted by Crippen LogP contribution is -2.42. The molecule has 3 rings (SSSR count). The first-order valence-electron chi connectivity index (χ1n) is 8.71. The third kappa shape index (κ3) is 3.93. The monoisotopic (exact) mass is 439 g/mol. The van der Waals surface area contributed by atoms with Gasteiger partial charge in [0.25, 0.3) is 0 Å². The summed E-state index contributed by atoms with van der Waals surface area (Å²) in [7, 11) is -3.07. The Labute approximate surface area is 170 Å². The number of halogens is 3. The molecule has 2 unspecified atom stereocenters. The van der Waals surface area contributed by atoms with Crippen molar-refractivity contribution in [3.05, 3.63) is 47.9 Å². The van der Waals surface area contributed by atoms with Crippen molar-refractivity contribution in [1.29, 1.82) is 5.26 Å². The molecule has 1 amide bonds. The Morgan fingerprint density at radius 1 is 1.30 bits per heavy atom. The molecule has 2 heterocycles. The Hall–Kier alpha value is -3.20. The second-order valence-corrected chi connectivity index (χ2v) is 8.73. The maximum Gasteiger partial charge on any atom is 0.417 e. The number of anilines is 1. The number of alkyl halides is 3. The molecule has 0 saturated carbocycles. The summed E-state index contributed by atoms with van der Waals surface area (Å²) in [5.41, 5.74) is -1.26. The summed E-state index contributed by atoms with van der Waals surface area (Å²) in [6.45, 7) is -0.269. The van der Waals surface area contributed by atoms with E-state index < -0.39 is 43.7 Å². The molecule has 12 heteroatoms. The first-order valence-corrected chi connectivity index (χ1v) is 10.3. The fraction of sp³-hybridized carbons (Fsp3) is 0.333. The smallest absolute Gasteiger partial charge is 0.357 e. The van der Waals surface area contributed by atoms with E-state index in [1.54, 1.807) is 6.07 Å². The summed E-state index contributed by atoms with van der Waals surface area (Å²) < 4.78 is 66.3. The van der Waals surface area contributed by atoms with E-state index in [1.165, 1.54) is 30.3 Å². The number of carbonyl (C=O) groups excluding carboxylic acids is 1. The van der Waals surface area contributed by atoms with Gasteiger partial charge >= 0.3 is 6.18 Å². The van der Waals surface area contributed by atoms with Crippen LogP contribution in [0.1, 0.15) is 17.8 Å². The summed E-state index contributed by atoms with van der Waals surface area (Å²) in [4.78, 5) is 20.6. The molecule has 8 nitrogen and oxygen atoms in total. The predicted molar refractivity (Wildman–Crippen MR) is 99.0 cm³/mol. The molecule has 1 aliphatic heterocycles. The maximum absolute atomic E-state index is 13.4. The van der Waals surface area contributed by atoms with Gasteiger partial charge in [-0.1, -0.05) is 12.1 Å². The predicted octanol–water partition coefficient (Wildman–Crippen LogP) is 1.53. The second kappa shape index (κ2) is 7.91. The van der Waals surface area contributed by atoms with E-state index in [9.17, 15) is 26.4 Å². The lowest BCUT2D eigenvalue weighted by atomic mass is 10.2. The molecule has 1 fully saturated rings. The Kier molecular flexibility index (Phi) is 5.67. The van der Waals surface area contributed by atoms with Crippen molar-refractivity contribution in [2.24, 2.45) is 0 Å². The van der Waals surface area contributed by atoms with Crippen LogP contribution >= 0.6 is 0 Å². The van der Waals surface area contributed by atoms with Gasteiger partial charge in [-0.3, -0.25) is 4.79 Å². The van der Waals surface area contributed by atoms with Crippen molar-refractivity contribution in [1.82, 2.24) is 15.3 Å². The highest BCUT2D eigenvalue weighted by atomic mass is 32.2. The number of carbonyl (C=O) groups is 1. The number of hydrogen-bond acceptors (Lipinski definition) is 7. The summed E-state index contributed by atoms with van der Waals surface area (Å²) in [5.74, 6) is -0.567. The van der Waals surface area contributed by atoms with Crippen LogP contribution in [0.4, 0.5) is 19.0 Å². The standard InChI is InChI=1S/C18H16F3N5O3S/c1-23-17(27)13-8-11(10-26(13)16-6-7-24-15(9-22)25-16)30(28,29)14-5-3-2-4-12(14)18(19,20)21/h2-7,11,13H,8,10H2,1H3,(H,23,27). The Balaban J connectivity index is 2.04. The lowest BCUT2D eigenvalue weighted by molar-refractivity contribution is -0.139. The molecule has 1 N–H and O–H groups in total. The number of likely N-dealkylation sites (N-methyl/N-ethyl adjacent to an activating group) is 1. The van der Waals surface area contributed by atoms with Crippen LogP contribution in [0.3, 0.4) is 0 Å². The van der Waals surface area contributed by atoms with E-state index in [2.05, 4.69) is 15.3 Å². The molecular weight excluding hydrogens is 423 g/mol. The highest BCUT2D eigenvalue weighted by molar-refractivity contribution is 7.92. The minimum atomic E-state index is -4.85. The second-order valence-electron chi connectivity index (χ2n) is 6.53. The maximum atomic E-state index is 13.4. The topological polar surface area (TPSA) is 116 Å². The quantitative estimate of drug-likeness (QED) is 0.768. The normalized spacial score (nSPS) is 19.4. The van der Waals surface area contributed by atoms with Crippen LogP contribution in [-0.2, 0) is 20.8 Å². The zero-order chi connectivity index (χ0) is 22.1. The number of aromatic nitrogens is 2. The summed E-state index contributed by atoms with van der Waals surface area (Å²) in [6, 6.07) is 6.10. The van der Waals surface area contributed by atoms with Crippen molar-refractivity contribution < 1.29 is 26.4 Å². The van der Waals surface area contributed by atoms with Crippen molar-refractivity contribution >= 4 is 21.6 Å². The molecular formula is C18H16F3N5O3S. The largest absolute Gasteiger partial charge is 0.417 e. The molecule has 0 aliphatic carbocycles.